The number of hydrogen-bond donors (Lipinski definition) is 1. The molecule has 2 fully saturated rings. The molecule has 3 rings (SSSR count). The molecule has 6 nitrogen and oxygen atoms in total. The Labute approximate surface area is 149 Å². The van der Waals surface area contributed by atoms with Crippen LogP contribution in [0.5, 0.6) is 5.75 Å². The smallest absolute Gasteiger partial charge is 0.261 e. The molecule has 0 aromatic heterocycles. The van der Waals surface area contributed by atoms with Gasteiger partial charge in [-0.3, -0.25) is 9.10 Å². The molecule has 2 bridgehead atoms. The van der Waals surface area contributed by atoms with E-state index in [4.69, 9.17) is 4.74 Å². The summed E-state index contributed by atoms with van der Waals surface area (Å²) in [7, 11) is -1.80. The summed E-state index contributed by atoms with van der Waals surface area (Å²) in [6.45, 7) is 1.74. The quantitative estimate of drug-likeness (QED) is 0.837. The zero-order valence-electron chi connectivity index (χ0n) is 14.9. The largest absolute Gasteiger partial charge is 0.481 e. The Morgan fingerprint density at radius 3 is 2.44 bits per heavy atom. The number of hydrogen-bond acceptors (Lipinski definition) is 4. The van der Waals surface area contributed by atoms with Gasteiger partial charge < -0.3 is 10.1 Å². The molecule has 7 heteroatoms. The molecule has 1 aromatic rings. The molecule has 2 aliphatic rings. The van der Waals surface area contributed by atoms with Crippen molar-refractivity contribution in [3.05, 3.63) is 24.3 Å². The second-order valence-corrected chi connectivity index (χ2v) is 9.29. The van der Waals surface area contributed by atoms with Crippen LogP contribution in [-0.2, 0) is 14.8 Å². The van der Waals surface area contributed by atoms with Gasteiger partial charge in [-0.15, -0.1) is 0 Å². The molecule has 0 radical (unpaired) electrons. The highest BCUT2D eigenvalue weighted by Crippen LogP contribution is 2.44. The molecule has 4 atom stereocenters. The minimum atomic E-state index is -3.29. The highest BCUT2D eigenvalue weighted by atomic mass is 32.2. The monoisotopic (exact) mass is 366 g/mol. The maximum atomic E-state index is 12.4. The molecule has 0 spiro atoms. The van der Waals surface area contributed by atoms with Crippen molar-refractivity contribution in [3.63, 3.8) is 0 Å². The Morgan fingerprint density at radius 2 is 1.92 bits per heavy atom. The van der Waals surface area contributed by atoms with Crippen LogP contribution in [-0.4, -0.2) is 39.8 Å². The summed E-state index contributed by atoms with van der Waals surface area (Å²) in [5.41, 5.74) is 0.550. The normalized spacial score (nSPS) is 26.3. The van der Waals surface area contributed by atoms with Gasteiger partial charge in [0.25, 0.3) is 5.91 Å². The van der Waals surface area contributed by atoms with Crippen molar-refractivity contribution in [1.82, 2.24) is 5.32 Å². The van der Waals surface area contributed by atoms with Crippen LogP contribution in [0.3, 0.4) is 0 Å². The van der Waals surface area contributed by atoms with E-state index in [1.54, 1.807) is 31.2 Å². The first-order valence-electron chi connectivity index (χ1n) is 8.75. The van der Waals surface area contributed by atoms with E-state index in [0.717, 1.165) is 18.6 Å². The first-order chi connectivity index (χ1) is 11.7. The highest BCUT2D eigenvalue weighted by Gasteiger charge is 2.40. The van der Waals surface area contributed by atoms with Crippen LogP contribution in [0, 0.1) is 11.8 Å². The molecule has 1 N–H and O–H groups in total. The number of carbonyl (C=O) groups excluding carboxylic acids is 1. The van der Waals surface area contributed by atoms with Crippen LogP contribution in [0.4, 0.5) is 5.69 Å². The molecule has 138 valence electrons. The van der Waals surface area contributed by atoms with Gasteiger partial charge in [0.15, 0.2) is 6.10 Å². The highest BCUT2D eigenvalue weighted by molar-refractivity contribution is 7.92. The molecule has 2 saturated carbocycles. The second-order valence-electron chi connectivity index (χ2n) is 7.27. The lowest BCUT2D eigenvalue weighted by Crippen LogP contribution is -2.44. The molecular weight excluding hydrogens is 340 g/mol. The van der Waals surface area contributed by atoms with Gasteiger partial charge in [-0.1, -0.05) is 6.42 Å². The molecule has 0 aliphatic heterocycles. The average Bonchev–Trinajstić information content (AvgIpc) is 3.16. The minimum Gasteiger partial charge on any atom is -0.481 e. The summed E-state index contributed by atoms with van der Waals surface area (Å²) in [6.07, 6.45) is 5.43. The summed E-state index contributed by atoms with van der Waals surface area (Å²) in [6, 6.07) is 6.98. The van der Waals surface area contributed by atoms with Crippen molar-refractivity contribution >= 4 is 21.6 Å². The number of sulfonamides is 1. The van der Waals surface area contributed by atoms with Crippen LogP contribution in [0.25, 0.3) is 0 Å². The van der Waals surface area contributed by atoms with Crippen molar-refractivity contribution < 1.29 is 17.9 Å². The Hall–Kier alpha value is -1.76. The van der Waals surface area contributed by atoms with E-state index in [-0.39, 0.29) is 5.91 Å². The van der Waals surface area contributed by atoms with Crippen LogP contribution in [0.1, 0.15) is 32.6 Å². The summed E-state index contributed by atoms with van der Waals surface area (Å²) in [5.74, 6) is 1.87. The van der Waals surface area contributed by atoms with Crippen LogP contribution in [0.2, 0.25) is 0 Å². The molecule has 2 aliphatic carbocycles. The molecule has 0 saturated heterocycles. The molecule has 0 unspecified atom stereocenters. The van der Waals surface area contributed by atoms with E-state index >= 15 is 0 Å². The number of amides is 1. The number of fused-ring (bicyclic) bond motifs is 2. The van der Waals surface area contributed by atoms with Gasteiger partial charge >= 0.3 is 0 Å². The lowest BCUT2D eigenvalue weighted by molar-refractivity contribution is -0.128. The Morgan fingerprint density at radius 1 is 1.24 bits per heavy atom. The minimum absolute atomic E-state index is 0.0881. The van der Waals surface area contributed by atoms with Crippen LogP contribution in [0.15, 0.2) is 24.3 Å². The van der Waals surface area contributed by atoms with Gasteiger partial charge in [0.1, 0.15) is 5.75 Å². The van der Waals surface area contributed by atoms with Gasteiger partial charge in [0, 0.05) is 13.1 Å². The molecule has 0 heterocycles. The fourth-order valence-electron chi connectivity index (χ4n) is 3.91. The SMILES string of the molecule is C[C@H](Oc1ccc(N(C)S(C)(=O)=O)cc1)C(=O)N[C@@H]1C[C@@H]2CC[C@@H]1C2. The standard InChI is InChI=1S/C18H26N2O4S/c1-12(18(21)19-17-11-13-4-5-14(17)10-13)24-16-8-6-15(7-9-16)20(2)25(3,22)23/h6-9,12-14,17H,4-5,10-11H2,1-3H3,(H,19,21)/t12-,13+,14+,17+/m0/s1. The summed E-state index contributed by atoms with van der Waals surface area (Å²) < 4.78 is 30.0. The van der Waals surface area contributed by atoms with Gasteiger partial charge in [0.2, 0.25) is 10.0 Å². The lowest BCUT2D eigenvalue weighted by Gasteiger charge is -2.25. The number of rotatable bonds is 6. The van der Waals surface area contributed by atoms with Gasteiger partial charge in [-0.2, -0.15) is 0 Å². The second kappa shape index (κ2) is 6.86. The lowest BCUT2D eigenvalue weighted by atomic mass is 9.95. The van der Waals surface area contributed by atoms with Crippen LogP contribution >= 0.6 is 0 Å². The van der Waals surface area contributed by atoms with Gasteiger partial charge in [-0.05, 0) is 62.3 Å². The Bertz CT molecular complexity index is 732. The third-order valence-electron chi connectivity index (χ3n) is 5.45. The fourth-order valence-corrected chi connectivity index (χ4v) is 4.41. The maximum Gasteiger partial charge on any atom is 0.261 e. The van der Waals surface area contributed by atoms with Crippen molar-refractivity contribution in [2.75, 3.05) is 17.6 Å². The van der Waals surface area contributed by atoms with Gasteiger partial charge in [0.05, 0.1) is 11.9 Å². The predicted octanol–water partition coefficient (Wildman–Crippen LogP) is 2.15. The predicted molar refractivity (Wildman–Crippen MR) is 97.2 cm³/mol. The van der Waals surface area contributed by atoms with E-state index in [1.807, 2.05) is 0 Å². The zero-order chi connectivity index (χ0) is 18.2. The summed E-state index contributed by atoms with van der Waals surface area (Å²) in [4.78, 5) is 12.4. The zero-order valence-corrected chi connectivity index (χ0v) is 15.8. The number of carbonyl (C=O) groups is 1. The topological polar surface area (TPSA) is 75.7 Å². The van der Waals surface area contributed by atoms with E-state index in [0.29, 0.717) is 23.4 Å². The Kier molecular flexibility index (Phi) is 4.95. The Balaban J connectivity index is 1.55. The summed E-state index contributed by atoms with van der Waals surface area (Å²) >= 11 is 0. The maximum absolute atomic E-state index is 12.4. The third-order valence-corrected chi connectivity index (χ3v) is 6.65. The van der Waals surface area contributed by atoms with Gasteiger partial charge in [-0.25, -0.2) is 8.42 Å². The third kappa shape index (κ3) is 4.08. The van der Waals surface area contributed by atoms with E-state index in [9.17, 15) is 13.2 Å². The van der Waals surface area contributed by atoms with Crippen molar-refractivity contribution in [2.45, 2.75) is 44.8 Å². The first-order valence-corrected chi connectivity index (χ1v) is 10.6. The van der Waals surface area contributed by atoms with E-state index in [1.165, 1.54) is 30.6 Å². The summed E-state index contributed by atoms with van der Waals surface area (Å²) in [5, 5.41) is 3.13. The number of nitrogens with zero attached hydrogens (tertiary/aromatic N) is 1. The number of benzene rings is 1. The fraction of sp³-hybridized carbons (Fsp3) is 0.611. The molecule has 1 amide bonds. The number of anilines is 1. The van der Waals surface area contributed by atoms with E-state index in [2.05, 4.69) is 5.32 Å². The number of ether oxygens (including phenoxy) is 1. The average molecular weight is 366 g/mol. The first kappa shape index (κ1) is 18.0. The number of nitrogens with one attached hydrogen (secondary N) is 1. The van der Waals surface area contributed by atoms with E-state index < -0.39 is 16.1 Å². The van der Waals surface area contributed by atoms with Crippen LogP contribution < -0.4 is 14.4 Å². The molecule has 1 aromatic carbocycles. The van der Waals surface area contributed by atoms with Crippen molar-refractivity contribution in [3.8, 4) is 5.75 Å². The van der Waals surface area contributed by atoms with Crippen molar-refractivity contribution in [1.29, 1.82) is 0 Å². The van der Waals surface area contributed by atoms with Crippen molar-refractivity contribution in [2.24, 2.45) is 11.8 Å². The molecule has 25 heavy (non-hydrogen) atoms. The molecular formula is C18H26N2O4S.